The van der Waals surface area contributed by atoms with Gasteiger partial charge in [-0.2, -0.15) is 0 Å². The molecule has 134 valence electrons. The molecule has 7 nitrogen and oxygen atoms in total. The monoisotopic (exact) mass is 336 g/mol. The number of hydrogen-bond acceptors (Lipinski definition) is 5. The molecular formula is C17H28N4O3. The van der Waals surface area contributed by atoms with E-state index >= 15 is 0 Å². The lowest BCUT2D eigenvalue weighted by molar-refractivity contribution is 0.0536. The van der Waals surface area contributed by atoms with Gasteiger partial charge in [0.05, 0.1) is 26.9 Å². The van der Waals surface area contributed by atoms with Gasteiger partial charge < -0.3 is 24.4 Å². The van der Waals surface area contributed by atoms with Crippen molar-refractivity contribution in [3.8, 4) is 5.88 Å². The highest BCUT2D eigenvalue weighted by molar-refractivity contribution is 5.80. The minimum atomic E-state index is 0.535. The van der Waals surface area contributed by atoms with Crippen LogP contribution in [-0.2, 0) is 16.0 Å². The summed E-state index contributed by atoms with van der Waals surface area (Å²) in [6.45, 7) is 4.65. The van der Waals surface area contributed by atoms with Gasteiger partial charge in [-0.3, -0.25) is 4.99 Å². The highest BCUT2D eigenvalue weighted by atomic mass is 16.5. The van der Waals surface area contributed by atoms with Crippen LogP contribution < -0.4 is 10.1 Å². The van der Waals surface area contributed by atoms with Crippen molar-refractivity contribution in [2.75, 3.05) is 54.2 Å². The molecule has 24 heavy (non-hydrogen) atoms. The zero-order valence-corrected chi connectivity index (χ0v) is 14.8. The Morgan fingerprint density at radius 1 is 1.42 bits per heavy atom. The number of nitrogens with zero attached hydrogens (tertiary/aromatic N) is 3. The van der Waals surface area contributed by atoms with Crippen LogP contribution in [0.4, 0.5) is 0 Å². The van der Waals surface area contributed by atoms with Crippen molar-refractivity contribution < 1.29 is 14.2 Å². The van der Waals surface area contributed by atoms with E-state index in [0.717, 1.165) is 37.6 Å². The molecular weight excluding hydrogens is 308 g/mol. The van der Waals surface area contributed by atoms with Crippen molar-refractivity contribution in [1.29, 1.82) is 0 Å². The lowest BCUT2D eigenvalue weighted by Crippen LogP contribution is -2.40. The number of hydrogen-bond donors (Lipinski definition) is 1. The quantitative estimate of drug-likeness (QED) is 0.436. The van der Waals surface area contributed by atoms with Gasteiger partial charge in [0.1, 0.15) is 0 Å². The Morgan fingerprint density at radius 2 is 2.29 bits per heavy atom. The van der Waals surface area contributed by atoms with Crippen molar-refractivity contribution in [3.05, 3.63) is 23.9 Å². The van der Waals surface area contributed by atoms with Gasteiger partial charge in [-0.1, -0.05) is 6.07 Å². The van der Waals surface area contributed by atoms with Gasteiger partial charge in [-0.05, 0) is 12.5 Å². The Morgan fingerprint density at radius 3 is 3.04 bits per heavy atom. The summed E-state index contributed by atoms with van der Waals surface area (Å²) < 4.78 is 15.9. The van der Waals surface area contributed by atoms with Crippen molar-refractivity contribution in [2.24, 2.45) is 10.9 Å². The van der Waals surface area contributed by atoms with Crippen LogP contribution in [0.15, 0.2) is 23.3 Å². The molecule has 1 saturated heterocycles. The van der Waals surface area contributed by atoms with Gasteiger partial charge in [0, 0.05) is 51.5 Å². The van der Waals surface area contributed by atoms with Crippen molar-refractivity contribution in [3.63, 3.8) is 0 Å². The molecule has 1 N–H and O–H groups in total. The molecule has 0 aromatic carbocycles. The molecule has 7 heteroatoms. The highest BCUT2D eigenvalue weighted by Crippen LogP contribution is 2.17. The third-order valence-corrected chi connectivity index (χ3v) is 4.06. The first kappa shape index (κ1) is 18.5. The Labute approximate surface area is 144 Å². The van der Waals surface area contributed by atoms with Crippen molar-refractivity contribution in [2.45, 2.75) is 13.0 Å². The first-order chi connectivity index (χ1) is 11.8. The summed E-state index contributed by atoms with van der Waals surface area (Å²) in [5.74, 6) is 2.08. The molecule has 0 bridgehead atoms. The standard InChI is InChI=1S/C17H28N4O3/c1-18-17(20-11-15-5-4-7-19-16(15)23-3)21-8-6-14(12-21)13-24-10-9-22-2/h4-5,7,14H,6,8-13H2,1-3H3,(H,18,20). The first-order valence-electron chi connectivity index (χ1n) is 8.28. The molecule has 1 unspecified atom stereocenters. The normalized spacial score (nSPS) is 18.0. The summed E-state index contributed by atoms with van der Waals surface area (Å²) >= 11 is 0. The number of methoxy groups -OCH3 is 2. The van der Waals surface area contributed by atoms with Gasteiger partial charge in [-0.25, -0.2) is 4.98 Å². The molecule has 0 spiro atoms. The summed E-state index contributed by atoms with van der Waals surface area (Å²) in [6.07, 6.45) is 2.84. The molecule has 0 radical (unpaired) electrons. The lowest BCUT2D eigenvalue weighted by atomic mass is 10.1. The van der Waals surface area contributed by atoms with E-state index in [-0.39, 0.29) is 0 Å². The minimum absolute atomic E-state index is 0.535. The number of pyridine rings is 1. The smallest absolute Gasteiger partial charge is 0.218 e. The molecule has 1 aliphatic rings. The van der Waals surface area contributed by atoms with E-state index < -0.39 is 0 Å². The second-order valence-electron chi connectivity index (χ2n) is 5.74. The van der Waals surface area contributed by atoms with Crippen molar-refractivity contribution >= 4 is 5.96 Å². The summed E-state index contributed by atoms with van der Waals surface area (Å²) in [5.41, 5.74) is 1.01. The number of aromatic nitrogens is 1. The molecule has 2 heterocycles. The fourth-order valence-corrected chi connectivity index (χ4v) is 2.80. The maximum absolute atomic E-state index is 5.64. The van der Waals surface area contributed by atoms with E-state index in [9.17, 15) is 0 Å². The summed E-state index contributed by atoms with van der Waals surface area (Å²) in [5, 5.41) is 3.39. The topological polar surface area (TPSA) is 68.2 Å². The van der Waals surface area contributed by atoms with Gasteiger partial charge in [-0.15, -0.1) is 0 Å². The number of aliphatic imine (C=N–C) groups is 1. The third kappa shape index (κ3) is 5.35. The average Bonchev–Trinajstić information content (AvgIpc) is 3.08. The second kappa shape index (κ2) is 10.1. The highest BCUT2D eigenvalue weighted by Gasteiger charge is 2.25. The molecule has 1 aromatic rings. The van der Waals surface area contributed by atoms with Crippen LogP contribution in [-0.4, -0.2) is 70.0 Å². The van der Waals surface area contributed by atoms with Gasteiger partial charge in [0.15, 0.2) is 5.96 Å². The minimum Gasteiger partial charge on any atom is -0.481 e. The predicted octanol–water partition coefficient (Wildman–Crippen LogP) is 1.15. The van der Waals surface area contributed by atoms with Crippen LogP contribution in [0, 0.1) is 5.92 Å². The van der Waals surface area contributed by atoms with E-state index in [1.807, 2.05) is 19.2 Å². The van der Waals surface area contributed by atoms with Crippen LogP contribution >= 0.6 is 0 Å². The molecule has 2 rings (SSSR count). The van der Waals surface area contributed by atoms with Crippen molar-refractivity contribution in [1.82, 2.24) is 15.2 Å². The fraction of sp³-hybridized carbons (Fsp3) is 0.647. The van der Waals surface area contributed by atoms with Crippen LogP contribution in [0.3, 0.4) is 0 Å². The summed E-state index contributed by atoms with van der Waals surface area (Å²) in [7, 11) is 5.13. The van der Waals surface area contributed by atoms with E-state index in [4.69, 9.17) is 14.2 Å². The fourth-order valence-electron chi connectivity index (χ4n) is 2.80. The zero-order valence-electron chi connectivity index (χ0n) is 14.8. The predicted molar refractivity (Wildman–Crippen MR) is 93.4 cm³/mol. The average molecular weight is 336 g/mol. The largest absolute Gasteiger partial charge is 0.481 e. The molecule has 1 fully saturated rings. The number of guanidine groups is 1. The van der Waals surface area contributed by atoms with Crippen LogP contribution in [0.1, 0.15) is 12.0 Å². The Hall–Kier alpha value is -1.86. The lowest BCUT2D eigenvalue weighted by Gasteiger charge is -2.22. The molecule has 0 saturated carbocycles. The van der Waals surface area contributed by atoms with Crippen LogP contribution in [0.2, 0.25) is 0 Å². The third-order valence-electron chi connectivity index (χ3n) is 4.06. The first-order valence-corrected chi connectivity index (χ1v) is 8.28. The molecule has 0 aliphatic carbocycles. The van der Waals surface area contributed by atoms with E-state index in [1.165, 1.54) is 0 Å². The molecule has 1 atom stereocenters. The Bertz CT molecular complexity index is 524. The van der Waals surface area contributed by atoms with Crippen LogP contribution in [0.25, 0.3) is 0 Å². The molecule has 0 amide bonds. The summed E-state index contributed by atoms with van der Waals surface area (Å²) in [6, 6.07) is 3.91. The van der Waals surface area contributed by atoms with Gasteiger partial charge in [0.2, 0.25) is 5.88 Å². The molecule has 1 aliphatic heterocycles. The number of nitrogens with one attached hydrogen (secondary N) is 1. The maximum atomic E-state index is 5.64. The number of rotatable bonds is 8. The SMILES string of the molecule is CN=C(NCc1cccnc1OC)N1CCC(COCCOC)C1. The second-order valence-corrected chi connectivity index (χ2v) is 5.74. The molecule has 1 aromatic heterocycles. The van der Waals surface area contributed by atoms with Gasteiger partial charge >= 0.3 is 0 Å². The van der Waals surface area contributed by atoms with Crippen LogP contribution in [0.5, 0.6) is 5.88 Å². The van der Waals surface area contributed by atoms with E-state index in [1.54, 1.807) is 20.4 Å². The number of ether oxygens (including phenoxy) is 3. The van der Waals surface area contributed by atoms with E-state index in [0.29, 0.717) is 31.6 Å². The number of likely N-dealkylation sites (tertiary alicyclic amines) is 1. The summed E-state index contributed by atoms with van der Waals surface area (Å²) in [4.78, 5) is 10.9. The Kier molecular flexibility index (Phi) is 7.77. The Balaban J connectivity index is 1.80. The van der Waals surface area contributed by atoms with E-state index in [2.05, 4.69) is 20.2 Å². The maximum Gasteiger partial charge on any atom is 0.218 e. The van der Waals surface area contributed by atoms with Gasteiger partial charge in [0.25, 0.3) is 0 Å². The zero-order chi connectivity index (χ0) is 17.2.